The van der Waals surface area contributed by atoms with Crippen molar-refractivity contribution in [1.82, 2.24) is 9.55 Å². The highest BCUT2D eigenvalue weighted by atomic mass is 16.6. The van der Waals surface area contributed by atoms with Crippen LogP contribution in [0.1, 0.15) is 6.42 Å². The molecule has 0 fully saturated rings. The Kier molecular flexibility index (Phi) is 4.51. The van der Waals surface area contributed by atoms with Crippen molar-refractivity contribution < 1.29 is 4.92 Å². The molecule has 122 valence electrons. The topological polar surface area (TPSA) is 90.1 Å². The van der Waals surface area contributed by atoms with Crippen LogP contribution in [-0.4, -0.2) is 21.0 Å². The first-order valence-corrected chi connectivity index (χ1v) is 7.57. The molecule has 0 aliphatic carbocycles. The van der Waals surface area contributed by atoms with Crippen LogP contribution in [-0.2, 0) is 6.54 Å². The molecule has 3 rings (SSSR count). The van der Waals surface area contributed by atoms with Crippen molar-refractivity contribution >= 4 is 22.3 Å². The number of nitrogens with zero attached hydrogens (tertiary/aromatic N) is 3. The van der Waals surface area contributed by atoms with Gasteiger partial charge in [-0.25, -0.2) is 4.98 Å². The van der Waals surface area contributed by atoms with Gasteiger partial charge in [0.2, 0.25) is 0 Å². The highest BCUT2D eigenvalue weighted by molar-refractivity contribution is 5.76. The maximum Gasteiger partial charge on any atom is 0.269 e. The van der Waals surface area contributed by atoms with E-state index >= 15 is 0 Å². The number of aryl methyl sites for hydroxylation is 1. The summed E-state index contributed by atoms with van der Waals surface area (Å²) in [5, 5.41) is 14.4. The number of non-ortho nitro benzene ring substituents is 1. The molecule has 0 bridgehead atoms. The summed E-state index contributed by atoms with van der Waals surface area (Å²) in [5.74, 6) is 0. The molecule has 0 spiro atoms. The molecule has 3 aromatic rings. The number of benzene rings is 2. The summed E-state index contributed by atoms with van der Waals surface area (Å²) in [6.07, 6.45) is 2.30. The van der Waals surface area contributed by atoms with Crippen molar-refractivity contribution in [1.29, 1.82) is 0 Å². The number of fused-ring (bicyclic) bond motifs is 1. The average Bonchev–Trinajstić information content (AvgIpc) is 2.61. The van der Waals surface area contributed by atoms with E-state index in [0.29, 0.717) is 24.0 Å². The summed E-state index contributed by atoms with van der Waals surface area (Å²) >= 11 is 0. The predicted molar refractivity (Wildman–Crippen MR) is 92.2 cm³/mol. The van der Waals surface area contributed by atoms with E-state index in [0.717, 1.165) is 12.1 Å². The first-order chi connectivity index (χ1) is 11.6. The number of hydrogen-bond donors (Lipinski definition) is 1. The van der Waals surface area contributed by atoms with Gasteiger partial charge in [-0.1, -0.05) is 12.1 Å². The molecule has 1 heterocycles. The third-order valence-corrected chi connectivity index (χ3v) is 3.71. The zero-order chi connectivity index (χ0) is 16.9. The van der Waals surface area contributed by atoms with Gasteiger partial charge in [-0.2, -0.15) is 0 Å². The predicted octanol–water partition coefficient (Wildman–Crippen LogP) is 2.81. The zero-order valence-electron chi connectivity index (χ0n) is 12.9. The SMILES string of the molecule is O=c1c2ccccc2ncn1CCCNc1ccc([N+](=O)[O-])cc1. The number of para-hydroxylation sites is 1. The van der Waals surface area contributed by atoms with Gasteiger partial charge in [0.1, 0.15) is 0 Å². The summed E-state index contributed by atoms with van der Waals surface area (Å²) in [7, 11) is 0. The van der Waals surface area contributed by atoms with Crippen LogP contribution in [0.4, 0.5) is 11.4 Å². The van der Waals surface area contributed by atoms with Crippen molar-refractivity contribution in [3.05, 3.63) is 75.3 Å². The summed E-state index contributed by atoms with van der Waals surface area (Å²) in [6, 6.07) is 13.5. The normalized spacial score (nSPS) is 10.7. The Hall–Kier alpha value is -3.22. The van der Waals surface area contributed by atoms with Crippen molar-refractivity contribution in [3.8, 4) is 0 Å². The summed E-state index contributed by atoms with van der Waals surface area (Å²) < 4.78 is 1.60. The van der Waals surface area contributed by atoms with Crippen molar-refractivity contribution in [3.63, 3.8) is 0 Å². The molecule has 0 saturated carbocycles. The van der Waals surface area contributed by atoms with Crippen molar-refractivity contribution in [2.45, 2.75) is 13.0 Å². The lowest BCUT2D eigenvalue weighted by molar-refractivity contribution is -0.384. The van der Waals surface area contributed by atoms with E-state index in [1.165, 1.54) is 12.1 Å². The maximum atomic E-state index is 12.3. The van der Waals surface area contributed by atoms with E-state index in [1.54, 1.807) is 29.1 Å². The minimum absolute atomic E-state index is 0.0454. The quantitative estimate of drug-likeness (QED) is 0.428. The smallest absolute Gasteiger partial charge is 0.269 e. The number of aromatic nitrogens is 2. The number of rotatable bonds is 6. The van der Waals surface area contributed by atoms with Crippen LogP contribution in [0.5, 0.6) is 0 Å². The van der Waals surface area contributed by atoms with Crippen LogP contribution in [0.2, 0.25) is 0 Å². The number of anilines is 1. The Balaban J connectivity index is 1.58. The molecular formula is C17H16N4O3. The molecule has 7 nitrogen and oxygen atoms in total. The molecule has 0 aliphatic rings. The minimum Gasteiger partial charge on any atom is -0.385 e. The lowest BCUT2D eigenvalue weighted by atomic mass is 10.2. The Labute approximate surface area is 137 Å². The Morgan fingerprint density at radius 1 is 1.12 bits per heavy atom. The second-order valence-corrected chi connectivity index (χ2v) is 5.34. The van der Waals surface area contributed by atoms with Crippen LogP contribution in [0.15, 0.2) is 59.7 Å². The molecule has 1 aromatic heterocycles. The molecule has 24 heavy (non-hydrogen) atoms. The third-order valence-electron chi connectivity index (χ3n) is 3.71. The fourth-order valence-corrected chi connectivity index (χ4v) is 2.45. The molecule has 0 amide bonds. The van der Waals surface area contributed by atoms with Gasteiger partial charge in [0.15, 0.2) is 0 Å². The molecule has 7 heteroatoms. The van der Waals surface area contributed by atoms with E-state index < -0.39 is 4.92 Å². The lowest BCUT2D eigenvalue weighted by Gasteiger charge is -2.08. The van der Waals surface area contributed by atoms with Crippen molar-refractivity contribution in [2.75, 3.05) is 11.9 Å². The van der Waals surface area contributed by atoms with Gasteiger partial charge in [0.05, 0.1) is 22.2 Å². The molecule has 0 saturated heterocycles. The number of hydrogen-bond acceptors (Lipinski definition) is 5. The molecule has 0 unspecified atom stereocenters. The number of nitrogens with one attached hydrogen (secondary N) is 1. The van der Waals surface area contributed by atoms with Gasteiger partial charge in [-0.05, 0) is 30.7 Å². The van der Waals surface area contributed by atoms with Crippen LogP contribution < -0.4 is 10.9 Å². The van der Waals surface area contributed by atoms with Gasteiger partial charge < -0.3 is 5.32 Å². The Bertz CT molecular complexity index is 919. The highest BCUT2D eigenvalue weighted by Gasteiger charge is 2.04. The van der Waals surface area contributed by atoms with E-state index in [2.05, 4.69) is 10.3 Å². The first kappa shape index (κ1) is 15.7. The second-order valence-electron chi connectivity index (χ2n) is 5.34. The molecule has 0 aliphatic heterocycles. The first-order valence-electron chi connectivity index (χ1n) is 7.57. The van der Waals surface area contributed by atoms with Gasteiger partial charge in [0, 0.05) is 30.9 Å². The Morgan fingerprint density at radius 2 is 1.88 bits per heavy atom. The minimum atomic E-state index is -0.428. The molecule has 2 aromatic carbocycles. The maximum absolute atomic E-state index is 12.3. The molecular weight excluding hydrogens is 308 g/mol. The summed E-state index contributed by atoms with van der Waals surface area (Å²) in [4.78, 5) is 26.8. The van der Waals surface area contributed by atoms with Gasteiger partial charge in [0.25, 0.3) is 11.2 Å². The molecule has 0 atom stereocenters. The van der Waals surface area contributed by atoms with Crippen LogP contribution in [0, 0.1) is 10.1 Å². The van der Waals surface area contributed by atoms with Crippen LogP contribution in [0.25, 0.3) is 10.9 Å². The standard InChI is InChI=1S/C17H16N4O3/c22-17-15-4-1-2-5-16(15)19-12-20(17)11-3-10-18-13-6-8-14(9-7-13)21(23)24/h1-2,4-9,12,18H,3,10-11H2. The largest absolute Gasteiger partial charge is 0.385 e. The van der Waals surface area contributed by atoms with E-state index in [9.17, 15) is 14.9 Å². The molecule has 1 N–H and O–H groups in total. The van der Waals surface area contributed by atoms with Crippen LogP contribution >= 0.6 is 0 Å². The molecule has 0 radical (unpaired) electrons. The average molecular weight is 324 g/mol. The fraction of sp³-hybridized carbons (Fsp3) is 0.176. The third kappa shape index (κ3) is 3.40. The second kappa shape index (κ2) is 6.91. The van der Waals surface area contributed by atoms with Crippen molar-refractivity contribution in [2.24, 2.45) is 0 Å². The fourth-order valence-electron chi connectivity index (χ4n) is 2.45. The Morgan fingerprint density at radius 3 is 2.62 bits per heavy atom. The van der Waals surface area contributed by atoms with Gasteiger partial charge in [-0.3, -0.25) is 19.5 Å². The van der Waals surface area contributed by atoms with E-state index in [1.807, 2.05) is 18.2 Å². The van der Waals surface area contributed by atoms with Crippen LogP contribution in [0.3, 0.4) is 0 Å². The summed E-state index contributed by atoms with van der Waals surface area (Å²) in [6.45, 7) is 1.20. The number of nitro groups is 1. The highest BCUT2D eigenvalue weighted by Crippen LogP contribution is 2.15. The lowest BCUT2D eigenvalue weighted by Crippen LogP contribution is -2.21. The van der Waals surface area contributed by atoms with Gasteiger partial charge in [-0.15, -0.1) is 0 Å². The van der Waals surface area contributed by atoms with Gasteiger partial charge >= 0.3 is 0 Å². The zero-order valence-corrected chi connectivity index (χ0v) is 12.9. The number of nitro benzene ring substituents is 1. The van der Waals surface area contributed by atoms with E-state index in [4.69, 9.17) is 0 Å². The van der Waals surface area contributed by atoms with E-state index in [-0.39, 0.29) is 11.2 Å². The monoisotopic (exact) mass is 324 g/mol. The summed E-state index contributed by atoms with van der Waals surface area (Å²) in [5.41, 5.74) is 1.53.